The molecule has 0 aliphatic carbocycles. The molecule has 3 heterocycles. The molecule has 0 saturated carbocycles. The third-order valence-corrected chi connectivity index (χ3v) is 4.94. The summed E-state index contributed by atoms with van der Waals surface area (Å²) in [6, 6.07) is 1.98. The number of aliphatic hydroxyl groups is 1. The van der Waals surface area contributed by atoms with Crippen LogP contribution >= 0.6 is 0 Å². The van der Waals surface area contributed by atoms with Gasteiger partial charge in [0.1, 0.15) is 0 Å². The Bertz CT molecular complexity index is 535. The molecule has 1 amide bonds. The molecule has 1 N–H and O–H groups in total. The fraction of sp³-hybridized carbons (Fsp3) is 0.765. The third-order valence-electron chi connectivity index (χ3n) is 4.94. The van der Waals surface area contributed by atoms with E-state index in [9.17, 15) is 9.90 Å². The number of aromatic nitrogens is 2. The Hall–Kier alpha value is -1.40. The molecule has 0 spiro atoms. The van der Waals surface area contributed by atoms with Crippen LogP contribution in [0.5, 0.6) is 0 Å². The van der Waals surface area contributed by atoms with Crippen LogP contribution in [-0.2, 0) is 17.9 Å². The van der Waals surface area contributed by atoms with Gasteiger partial charge in [0.05, 0.1) is 30.6 Å². The van der Waals surface area contributed by atoms with Crippen LogP contribution < -0.4 is 0 Å². The van der Waals surface area contributed by atoms with Gasteiger partial charge in [0.2, 0.25) is 5.91 Å². The molecule has 0 radical (unpaired) electrons. The van der Waals surface area contributed by atoms with Crippen molar-refractivity contribution in [3.63, 3.8) is 0 Å². The Morgan fingerprint density at radius 3 is 2.65 bits per heavy atom. The molecule has 128 valence electrons. The van der Waals surface area contributed by atoms with E-state index < -0.39 is 6.10 Å². The first kappa shape index (κ1) is 16.5. The van der Waals surface area contributed by atoms with Gasteiger partial charge in [-0.3, -0.25) is 14.4 Å². The minimum Gasteiger partial charge on any atom is -0.387 e. The summed E-state index contributed by atoms with van der Waals surface area (Å²) in [7, 11) is 0. The Labute approximate surface area is 138 Å². The van der Waals surface area contributed by atoms with Gasteiger partial charge in [-0.05, 0) is 25.3 Å². The molecule has 2 aliphatic rings. The summed E-state index contributed by atoms with van der Waals surface area (Å²) in [5.74, 6) is 0.258. The predicted molar refractivity (Wildman–Crippen MR) is 87.8 cm³/mol. The van der Waals surface area contributed by atoms with E-state index in [1.165, 1.54) is 12.8 Å². The Kier molecular flexibility index (Phi) is 5.33. The topological polar surface area (TPSA) is 61.6 Å². The van der Waals surface area contributed by atoms with E-state index in [2.05, 4.69) is 10.00 Å². The quantitative estimate of drug-likeness (QED) is 0.914. The van der Waals surface area contributed by atoms with Crippen LogP contribution in [0.3, 0.4) is 0 Å². The van der Waals surface area contributed by atoms with Gasteiger partial charge in [-0.15, -0.1) is 0 Å². The number of carbonyl (C=O) groups is 1. The van der Waals surface area contributed by atoms with Crippen LogP contribution in [0.4, 0.5) is 0 Å². The normalized spacial score (nSPS) is 20.9. The molecule has 6 heteroatoms. The predicted octanol–water partition coefficient (Wildman–Crippen LogP) is 1.54. The van der Waals surface area contributed by atoms with Gasteiger partial charge >= 0.3 is 0 Å². The second-order valence-corrected chi connectivity index (χ2v) is 6.71. The molecule has 1 saturated heterocycles. The van der Waals surface area contributed by atoms with Crippen molar-refractivity contribution < 1.29 is 9.90 Å². The van der Waals surface area contributed by atoms with E-state index >= 15 is 0 Å². The van der Waals surface area contributed by atoms with Crippen molar-refractivity contribution in [3.8, 4) is 0 Å². The summed E-state index contributed by atoms with van der Waals surface area (Å²) in [5.41, 5.74) is 1.85. The third kappa shape index (κ3) is 3.93. The van der Waals surface area contributed by atoms with E-state index in [4.69, 9.17) is 0 Å². The van der Waals surface area contributed by atoms with Gasteiger partial charge in [-0.2, -0.15) is 5.10 Å². The first-order chi connectivity index (χ1) is 11.2. The number of carbonyl (C=O) groups excluding carboxylic acids is 1. The average Bonchev–Trinajstić information content (AvgIpc) is 2.79. The molecule has 1 atom stereocenters. The minimum absolute atomic E-state index is 0.258. The molecule has 0 bridgehead atoms. The van der Waals surface area contributed by atoms with Crippen LogP contribution in [0.1, 0.15) is 56.5 Å². The Morgan fingerprint density at radius 2 is 1.96 bits per heavy atom. The molecule has 1 aromatic rings. The molecule has 1 unspecified atom stereocenters. The van der Waals surface area contributed by atoms with E-state index in [1.807, 2.05) is 22.6 Å². The van der Waals surface area contributed by atoms with Crippen molar-refractivity contribution in [2.45, 2.75) is 58.2 Å². The van der Waals surface area contributed by atoms with E-state index in [-0.39, 0.29) is 5.91 Å². The van der Waals surface area contributed by atoms with Crippen LogP contribution in [0.25, 0.3) is 0 Å². The minimum atomic E-state index is -0.486. The van der Waals surface area contributed by atoms with Crippen LogP contribution in [0, 0.1) is 0 Å². The highest BCUT2D eigenvalue weighted by atomic mass is 16.3. The largest absolute Gasteiger partial charge is 0.387 e. The molecule has 2 aliphatic heterocycles. The van der Waals surface area contributed by atoms with Gasteiger partial charge < -0.3 is 10.0 Å². The second kappa shape index (κ2) is 7.45. The van der Waals surface area contributed by atoms with Crippen molar-refractivity contribution >= 4 is 5.91 Å². The molecule has 1 fully saturated rings. The lowest BCUT2D eigenvalue weighted by Gasteiger charge is -2.29. The fourth-order valence-corrected chi connectivity index (χ4v) is 3.46. The highest BCUT2D eigenvalue weighted by Crippen LogP contribution is 2.20. The van der Waals surface area contributed by atoms with Crippen molar-refractivity contribution in [1.82, 2.24) is 19.6 Å². The summed E-state index contributed by atoms with van der Waals surface area (Å²) >= 11 is 0. The lowest BCUT2D eigenvalue weighted by Crippen LogP contribution is -2.43. The zero-order chi connectivity index (χ0) is 16.2. The first-order valence-corrected chi connectivity index (χ1v) is 8.92. The molecule has 23 heavy (non-hydrogen) atoms. The number of amides is 1. The van der Waals surface area contributed by atoms with Crippen molar-refractivity contribution in [2.75, 3.05) is 26.2 Å². The number of fused-ring (bicyclic) bond motifs is 1. The highest BCUT2D eigenvalue weighted by Gasteiger charge is 2.24. The zero-order valence-electron chi connectivity index (χ0n) is 14.1. The van der Waals surface area contributed by atoms with Crippen molar-refractivity contribution in [1.29, 1.82) is 0 Å². The SMILES string of the molecule is CCC(O)c1cc2n(n1)CCN(CC(=O)N1CCCCCC1)C2. The maximum absolute atomic E-state index is 12.5. The number of rotatable bonds is 4. The number of hydrogen-bond acceptors (Lipinski definition) is 4. The van der Waals surface area contributed by atoms with Gasteiger partial charge in [0.15, 0.2) is 0 Å². The van der Waals surface area contributed by atoms with E-state index in [0.29, 0.717) is 13.0 Å². The Morgan fingerprint density at radius 1 is 1.22 bits per heavy atom. The van der Waals surface area contributed by atoms with Gasteiger partial charge in [0, 0.05) is 26.2 Å². The van der Waals surface area contributed by atoms with Crippen LogP contribution in [-0.4, -0.2) is 56.8 Å². The lowest BCUT2D eigenvalue weighted by atomic mass is 10.2. The monoisotopic (exact) mass is 320 g/mol. The molecule has 6 nitrogen and oxygen atoms in total. The smallest absolute Gasteiger partial charge is 0.236 e. The van der Waals surface area contributed by atoms with Crippen molar-refractivity contribution in [3.05, 3.63) is 17.5 Å². The van der Waals surface area contributed by atoms with E-state index in [0.717, 1.165) is 57.0 Å². The highest BCUT2D eigenvalue weighted by molar-refractivity contribution is 5.78. The second-order valence-electron chi connectivity index (χ2n) is 6.71. The van der Waals surface area contributed by atoms with Gasteiger partial charge in [-0.25, -0.2) is 0 Å². The molecular weight excluding hydrogens is 292 g/mol. The maximum Gasteiger partial charge on any atom is 0.236 e. The summed E-state index contributed by atoms with van der Waals surface area (Å²) in [5, 5.41) is 14.4. The zero-order valence-corrected chi connectivity index (χ0v) is 14.1. The van der Waals surface area contributed by atoms with Gasteiger partial charge in [0.25, 0.3) is 0 Å². The summed E-state index contributed by atoms with van der Waals surface area (Å²) in [4.78, 5) is 16.7. The molecule has 1 aromatic heterocycles. The van der Waals surface area contributed by atoms with E-state index in [1.54, 1.807) is 0 Å². The number of nitrogens with zero attached hydrogens (tertiary/aromatic N) is 4. The van der Waals surface area contributed by atoms with Crippen LogP contribution in [0.15, 0.2) is 6.07 Å². The van der Waals surface area contributed by atoms with Gasteiger partial charge in [-0.1, -0.05) is 19.8 Å². The standard InChI is InChI=1S/C17H28N4O2/c1-2-16(22)15-11-14-12-19(9-10-21(14)18-15)13-17(23)20-7-5-3-4-6-8-20/h11,16,22H,2-10,12-13H2,1H3. The number of likely N-dealkylation sites (tertiary alicyclic amines) is 1. The summed E-state index contributed by atoms with van der Waals surface area (Å²) in [6.45, 7) is 6.65. The first-order valence-electron chi connectivity index (χ1n) is 8.92. The average molecular weight is 320 g/mol. The van der Waals surface area contributed by atoms with Crippen LogP contribution in [0.2, 0.25) is 0 Å². The Balaban J connectivity index is 1.58. The molecular formula is C17H28N4O2. The fourth-order valence-electron chi connectivity index (χ4n) is 3.46. The maximum atomic E-state index is 12.5. The number of hydrogen-bond donors (Lipinski definition) is 1. The molecule has 3 rings (SSSR count). The molecule has 0 aromatic carbocycles. The summed E-state index contributed by atoms with van der Waals surface area (Å²) < 4.78 is 1.97. The summed E-state index contributed by atoms with van der Waals surface area (Å²) in [6.07, 6.45) is 4.95. The lowest BCUT2D eigenvalue weighted by molar-refractivity contribution is -0.132. The van der Waals surface area contributed by atoms with Crippen molar-refractivity contribution in [2.24, 2.45) is 0 Å². The number of aliphatic hydroxyl groups excluding tert-OH is 1.